The van der Waals surface area contributed by atoms with E-state index in [0.29, 0.717) is 31.2 Å². The van der Waals surface area contributed by atoms with E-state index >= 15 is 0 Å². The molecule has 0 aliphatic rings. The smallest absolute Gasteiger partial charge is 0.416 e. The van der Waals surface area contributed by atoms with E-state index in [4.69, 9.17) is 0 Å². The molecule has 0 radical (unpaired) electrons. The lowest BCUT2D eigenvalue weighted by Crippen LogP contribution is -2.37. The molecule has 0 heterocycles. The van der Waals surface area contributed by atoms with E-state index in [1.54, 1.807) is 19.2 Å². The number of nitrogens with zero attached hydrogens (tertiary/aromatic N) is 1. The topological polar surface area (TPSA) is 74.8 Å². The van der Waals surface area contributed by atoms with Crippen molar-refractivity contribution in [3.63, 3.8) is 0 Å². The first-order valence-electron chi connectivity index (χ1n) is 8.86. The Labute approximate surface area is 190 Å². The van der Waals surface area contributed by atoms with E-state index in [1.807, 2.05) is 12.1 Å². The van der Waals surface area contributed by atoms with Gasteiger partial charge in [0.05, 0.1) is 12.7 Å². The minimum atomic E-state index is -4.32. The number of halogens is 4. The van der Waals surface area contributed by atoms with Gasteiger partial charge in [0, 0.05) is 25.8 Å². The van der Waals surface area contributed by atoms with E-state index in [-0.39, 0.29) is 24.0 Å². The summed E-state index contributed by atoms with van der Waals surface area (Å²) < 4.78 is 42.3. The zero-order chi connectivity index (χ0) is 21.3. The molecule has 164 valence electrons. The highest BCUT2D eigenvalue weighted by Crippen LogP contribution is 2.29. The van der Waals surface area contributed by atoms with E-state index in [0.717, 1.165) is 23.3 Å². The predicted octanol–water partition coefficient (Wildman–Crippen LogP) is 4.41. The van der Waals surface area contributed by atoms with Gasteiger partial charge in [-0.15, -0.1) is 24.0 Å². The molecule has 0 aliphatic carbocycles. The maximum atomic E-state index is 12.6. The van der Waals surface area contributed by atoms with Crippen molar-refractivity contribution in [2.75, 3.05) is 26.0 Å². The third-order valence-corrected chi connectivity index (χ3v) is 4.06. The van der Waals surface area contributed by atoms with Crippen LogP contribution in [-0.2, 0) is 23.9 Å². The second kappa shape index (κ2) is 12.3. The SMILES string of the molecule is CN=C(NCCc1ccc(C(F)(F)F)cc1)NCc1ccc(NC(=O)OC)cc1.I. The summed E-state index contributed by atoms with van der Waals surface area (Å²) in [6.07, 6.45) is -4.29. The molecule has 0 unspecified atom stereocenters. The first-order chi connectivity index (χ1) is 13.8. The normalized spacial score (nSPS) is 11.3. The maximum Gasteiger partial charge on any atom is 0.416 e. The van der Waals surface area contributed by atoms with Gasteiger partial charge < -0.3 is 15.4 Å². The fraction of sp³-hybridized carbons (Fsp3) is 0.300. The lowest BCUT2D eigenvalue weighted by atomic mass is 10.1. The molecule has 0 spiro atoms. The Bertz CT molecular complexity index is 825. The van der Waals surface area contributed by atoms with Crippen molar-refractivity contribution in [1.29, 1.82) is 0 Å². The average Bonchev–Trinajstić information content (AvgIpc) is 2.71. The summed E-state index contributed by atoms with van der Waals surface area (Å²) in [5.41, 5.74) is 1.75. The average molecular weight is 536 g/mol. The number of rotatable bonds is 6. The maximum absolute atomic E-state index is 12.6. The number of alkyl halides is 3. The number of carbonyl (C=O) groups is 1. The quantitative estimate of drug-likeness (QED) is 0.291. The Morgan fingerprint density at radius 3 is 2.13 bits per heavy atom. The van der Waals surface area contributed by atoms with Crippen LogP contribution in [0.5, 0.6) is 0 Å². The first kappa shape index (κ1) is 25.5. The van der Waals surface area contributed by atoms with Crippen LogP contribution in [0.25, 0.3) is 0 Å². The van der Waals surface area contributed by atoms with Crippen molar-refractivity contribution in [3.05, 3.63) is 65.2 Å². The Morgan fingerprint density at radius 2 is 1.60 bits per heavy atom. The van der Waals surface area contributed by atoms with Crippen molar-refractivity contribution in [1.82, 2.24) is 10.6 Å². The molecule has 3 N–H and O–H groups in total. The van der Waals surface area contributed by atoms with Crippen LogP contribution in [0.4, 0.5) is 23.7 Å². The molecular weight excluding hydrogens is 512 g/mol. The third-order valence-electron chi connectivity index (χ3n) is 4.06. The third kappa shape index (κ3) is 8.47. The highest BCUT2D eigenvalue weighted by molar-refractivity contribution is 14.0. The Hall–Kier alpha value is -2.50. The van der Waals surface area contributed by atoms with Gasteiger partial charge in [-0.1, -0.05) is 24.3 Å². The minimum absolute atomic E-state index is 0. The molecule has 2 aromatic carbocycles. The molecule has 0 atom stereocenters. The molecule has 0 saturated heterocycles. The molecule has 2 aromatic rings. The number of aliphatic imine (C=N–C) groups is 1. The number of nitrogens with one attached hydrogen (secondary N) is 3. The number of carbonyl (C=O) groups excluding carboxylic acids is 1. The monoisotopic (exact) mass is 536 g/mol. The van der Waals surface area contributed by atoms with E-state index < -0.39 is 17.8 Å². The van der Waals surface area contributed by atoms with Crippen LogP contribution in [0.2, 0.25) is 0 Å². The standard InChI is InChI=1S/C20H23F3N4O2.HI/c1-24-18(25-12-11-14-3-7-16(8-4-14)20(21,22)23)26-13-15-5-9-17(10-6-15)27-19(28)29-2;/h3-10H,11-13H2,1-2H3,(H,27,28)(H2,24,25,26);1H. The molecular formula is C20H24F3IN4O2. The van der Waals surface area contributed by atoms with Crippen LogP contribution in [0, 0.1) is 0 Å². The highest BCUT2D eigenvalue weighted by atomic mass is 127. The van der Waals surface area contributed by atoms with Gasteiger partial charge in [-0.2, -0.15) is 13.2 Å². The summed E-state index contributed by atoms with van der Waals surface area (Å²) in [7, 11) is 2.93. The Morgan fingerprint density at radius 1 is 1.00 bits per heavy atom. The predicted molar refractivity (Wildman–Crippen MR) is 121 cm³/mol. The van der Waals surface area contributed by atoms with E-state index in [2.05, 4.69) is 25.7 Å². The van der Waals surface area contributed by atoms with Crippen LogP contribution >= 0.6 is 24.0 Å². The van der Waals surface area contributed by atoms with Gasteiger partial charge in [-0.25, -0.2) is 4.79 Å². The second-order valence-corrected chi connectivity index (χ2v) is 6.11. The summed E-state index contributed by atoms with van der Waals surface area (Å²) in [4.78, 5) is 15.3. The van der Waals surface area contributed by atoms with Crippen LogP contribution in [0.3, 0.4) is 0 Å². The highest BCUT2D eigenvalue weighted by Gasteiger charge is 2.29. The van der Waals surface area contributed by atoms with Crippen LogP contribution in [0.15, 0.2) is 53.5 Å². The van der Waals surface area contributed by atoms with Crippen molar-refractivity contribution in [2.24, 2.45) is 4.99 Å². The minimum Gasteiger partial charge on any atom is -0.453 e. The number of methoxy groups -OCH3 is 1. The number of guanidine groups is 1. The zero-order valence-corrected chi connectivity index (χ0v) is 18.9. The van der Waals surface area contributed by atoms with Gasteiger partial charge in [0.25, 0.3) is 0 Å². The molecule has 1 amide bonds. The number of ether oxygens (including phenoxy) is 1. The lowest BCUT2D eigenvalue weighted by Gasteiger charge is -2.13. The molecule has 0 aliphatic heterocycles. The second-order valence-electron chi connectivity index (χ2n) is 6.11. The Balaban J connectivity index is 0.00000450. The Kier molecular flexibility index (Phi) is 10.4. The molecule has 0 saturated carbocycles. The van der Waals surface area contributed by atoms with Crippen LogP contribution in [0.1, 0.15) is 16.7 Å². The zero-order valence-electron chi connectivity index (χ0n) is 16.5. The van der Waals surface area contributed by atoms with Crippen molar-refractivity contribution in [2.45, 2.75) is 19.1 Å². The van der Waals surface area contributed by atoms with Crippen LogP contribution in [-0.4, -0.2) is 32.8 Å². The molecule has 10 heteroatoms. The molecule has 0 bridgehead atoms. The number of benzene rings is 2. The summed E-state index contributed by atoms with van der Waals surface area (Å²) in [5.74, 6) is 0.577. The molecule has 0 fully saturated rings. The van der Waals surface area contributed by atoms with Crippen molar-refractivity contribution < 1.29 is 22.7 Å². The number of hydrogen-bond donors (Lipinski definition) is 3. The van der Waals surface area contributed by atoms with Gasteiger partial charge in [0.2, 0.25) is 0 Å². The van der Waals surface area contributed by atoms with Crippen LogP contribution < -0.4 is 16.0 Å². The number of amides is 1. The fourth-order valence-electron chi connectivity index (χ4n) is 2.47. The molecule has 2 rings (SSSR count). The van der Waals surface area contributed by atoms with Gasteiger partial charge >= 0.3 is 12.3 Å². The van der Waals surface area contributed by atoms with Gasteiger partial charge in [0.1, 0.15) is 0 Å². The number of hydrogen-bond acceptors (Lipinski definition) is 3. The first-order valence-corrected chi connectivity index (χ1v) is 8.86. The van der Waals surface area contributed by atoms with Crippen molar-refractivity contribution in [3.8, 4) is 0 Å². The summed E-state index contributed by atoms with van der Waals surface area (Å²) in [5, 5.41) is 8.84. The molecule has 0 aromatic heterocycles. The van der Waals surface area contributed by atoms with Crippen molar-refractivity contribution >= 4 is 41.7 Å². The summed E-state index contributed by atoms with van der Waals surface area (Å²) >= 11 is 0. The summed E-state index contributed by atoms with van der Waals surface area (Å²) in [6.45, 7) is 1.03. The van der Waals surface area contributed by atoms with Gasteiger partial charge in [0.15, 0.2) is 5.96 Å². The summed E-state index contributed by atoms with van der Waals surface area (Å²) in [6, 6.07) is 12.3. The molecule has 30 heavy (non-hydrogen) atoms. The van der Waals surface area contributed by atoms with E-state index in [9.17, 15) is 18.0 Å². The van der Waals surface area contributed by atoms with Gasteiger partial charge in [-0.3, -0.25) is 10.3 Å². The fourth-order valence-corrected chi connectivity index (χ4v) is 2.47. The van der Waals surface area contributed by atoms with Gasteiger partial charge in [-0.05, 0) is 41.8 Å². The lowest BCUT2D eigenvalue weighted by molar-refractivity contribution is -0.137. The van der Waals surface area contributed by atoms with E-state index in [1.165, 1.54) is 19.2 Å². The molecule has 6 nitrogen and oxygen atoms in total. The largest absolute Gasteiger partial charge is 0.453 e. The number of anilines is 1.